The van der Waals surface area contributed by atoms with Gasteiger partial charge in [0, 0.05) is 30.6 Å². The van der Waals surface area contributed by atoms with Crippen LogP contribution in [0.5, 0.6) is 5.75 Å². The molecule has 3 heterocycles. The first-order valence-corrected chi connectivity index (χ1v) is 14.3. The van der Waals surface area contributed by atoms with Crippen LogP contribution in [0.25, 0.3) is 0 Å². The van der Waals surface area contributed by atoms with Gasteiger partial charge in [0.05, 0.1) is 38.0 Å². The molecule has 5 atom stereocenters. The van der Waals surface area contributed by atoms with Crippen LogP contribution in [0.4, 0.5) is 9.80 Å². The van der Waals surface area contributed by atoms with E-state index < -0.39 is 31.6 Å². The van der Waals surface area contributed by atoms with E-state index in [0.29, 0.717) is 23.5 Å². The molecule has 176 valence electrons. The Balaban J connectivity index is 1.73. The second-order valence-corrected chi connectivity index (χ2v) is 13.6. The standard InChI is InChI=1S/C23H33FN2O5Si/c1-14-21(32(4,5)24)19(12-20(28)26-10-6-7-15(26)13-27)31-23(14)17-11-16(30-3)8-9-18(17)25(2)22(23)29/h8-9,11,14-15,19,21,27H,6-7,10,12-13H2,1-5H3/t14-,15-,19+,21-,23+/m0/s1. The second kappa shape index (κ2) is 8.11. The smallest absolute Gasteiger partial charge is 0.264 e. The van der Waals surface area contributed by atoms with Crippen molar-refractivity contribution < 1.29 is 28.3 Å². The van der Waals surface area contributed by atoms with Crippen molar-refractivity contribution in [2.24, 2.45) is 5.92 Å². The number of ether oxygens (including phenoxy) is 2. The first kappa shape index (κ1) is 23.2. The van der Waals surface area contributed by atoms with Crippen LogP contribution in [0.2, 0.25) is 18.6 Å². The normalized spacial score (nSPS) is 32.2. The predicted molar refractivity (Wildman–Crippen MR) is 121 cm³/mol. The molecule has 0 radical (unpaired) electrons. The monoisotopic (exact) mass is 464 g/mol. The van der Waals surface area contributed by atoms with E-state index in [0.717, 1.165) is 12.8 Å². The van der Waals surface area contributed by atoms with Crippen LogP contribution >= 0.6 is 0 Å². The second-order valence-electron chi connectivity index (χ2n) is 9.79. The molecular weight excluding hydrogens is 431 g/mol. The maximum absolute atomic E-state index is 15.7. The van der Waals surface area contributed by atoms with Crippen molar-refractivity contribution in [2.75, 3.05) is 32.2 Å². The van der Waals surface area contributed by atoms with Crippen LogP contribution in [-0.4, -0.2) is 69.7 Å². The molecular formula is C23H33FN2O5Si. The van der Waals surface area contributed by atoms with Gasteiger partial charge in [-0.25, -0.2) is 0 Å². The summed E-state index contributed by atoms with van der Waals surface area (Å²) >= 11 is 0. The zero-order valence-corrected chi connectivity index (χ0v) is 20.4. The molecule has 0 bridgehead atoms. The minimum absolute atomic E-state index is 0.00387. The summed E-state index contributed by atoms with van der Waals surface area (Å²) in [7, 11) is -0.0641. The highest BCUT2D eigenvalue weighted by Gasteiger charge is 2.66. The van der Waals surface area contributed by atoms with E-state index >= 15 is 4.11 Å². The highest BCUT2D eigenvalue weighted by molar-refractivity contribution is 6.72. The number of carbonyl (C=O) groups excluding carboxylic acids is 2. The number of fused-ring (bicyclic) bond motifs is 2. The average Bonchev–Trinajstić information content (AvgIpc) is 3.39. The molecule has 3 aliphatic heterocycles. The van der Waals surface area contributed by atoms with Crippen LogP contribution < -0.4 is 9.64 Å². The van der Waals surface area contributed by atoms with Crippen LogP contribution in [0.15, 0.2) is 18.2 Å². The Kier molecular flexibility index (Phi) is 5.88. The summed E-state index contributed by atoms with van der Waals surface area (Å²) in [6.45, 7) is 5.61. The Morgan fingerprint density at radius 1 is 1.41 bits per heavy atom. The number of carbonyl (C=O) groups is 2. The van der Waals surface area contributed by atoms with Gasteiger partial charge in [-0.1, -0.05) is 6.92 Å². The van der Waals surface area contributed by atoms with Gasteiger partial charge >= 0.3 is 0 Å². The van der Waals surface area contributed by atoms with E-state index in [1.165, 1.54) is 0 Å². The van der Waals surface area contributed by atoms with Crippen molar-refractivity contribution in [1.82, 2.24) is 4.90 Å². The lowest BCUT2D eigenvalue weighted by Crippen LogP contribution is -2.44. The number of nitrogens with zero attached hydrogens (tertiary/aromatic N) is 2. The topological polar surface area (TPSA) is 79.3 Å². The number of likely N-dealkylation sites (N-methyl/N-ethyl adjacent to an activating group) is 1. The van der Waals surface area contributed by atoms with Gasteiger partial charge in [-0.15, -0.1) is 0 Å². The summed E-state index contributed by atoms with van der Waals surface area (Å²) in [5, 5.41) is 9.62. The highest BCUT2D eigenvalue weighted by atomic mass is 28.4. The van der Waals surface area contributed by atoms with E-state index in [1.54, 1.807) is 49.2 Å². The average molecular weight is 465 g/mol. The lowest BCUT2D eigenvalue weighted by Gasteiger charge is -2.31. The Morgan fingerprint density at radius 3 is 2.75 bits per heavy atom. The third kappa shape index (κ3) is 3.36. The molecule has 1 spiro atoms. The number of aliphatic hydroxyl groups is 1. The van der Waals surface area contributed by atoms with Crippen LogP contribution in [0.3, 0.4) is 0 Å². The van der Waals surface area contributed by atoms with Crippen molar-refractivity contribution in [2.45, 2.75) is 62.6 Å². The molecule has 2 saturated heterocycles. The first-order chi connectivity index (χ1) is 15.1. The molecule has 0 aromatic heterocycles. The number of methoxy groups -OCH3 is 1. The van der Waals surface area contributed by atoms with E-state index in [-0.39, 0.29) is 30.9 Å². The van der Waals surface area contributed by atoms with Crippen molar-refractivity contribution >= 4 is 25.9 Å². The van der Waals surface area contributed by atoms with E-state index in [1.807, 2.05) is 13.0 Å². The zero-order valence-electron chi connectivity index (χ0n) is 19.4. The van der Waals surface area contributed by atoms with Gasteiger partial charge in [-0.05, 0) is 44.1 Å². The van der Waals surface area contributed by atoms with Crippen molar-refractivity contribution in [3.05, 3.63) is 23.8 Å². The predicted octanol–water partition coefficient (Wildman–Crippen LogP) is 2.82. The maximum atomic E-state index is 15.7. The van der Waals surface area contributed by atoms with Crippen molar-refractivity contribution in [3.63, 3.8) is 0 Å². The van der Waals surface area contributed by atoms with Crippen LogP contribution in [0, 0.1) is 5.92 Å². The van der Waals surface area contributed by atoms with Gasteiger partial charge in [0.15, 0.2) is 5.60 Å². The molecule has 32 heavy (non-hydrogen) atoms. The van der Waals surface area contributed by atoms with Crippen molar-refractivity contribution in [3.8, 4) is 5.75 Å². The third-order valence-electron chi connectivity index (χ3n) is 7.58. The molecule has 7 nitrogen and oxygen atoms in total. The van der Waals surface area contributed by atoms with Gasteiger partial charge in [0.1, 0.15) is 5.75 Å². The van der Waals surface area contributed by atoms with E-state index in [4.69, 9.17) is 9.47 Å². The summed E-state index contributed by atoms with van der Waals surface area (Å²) in [6.07, 6.45) is 0.895. The molecule has 0 aliphatic carbocycles. The van der Waals surface area contributed by atoms with Crippen molar-refractivity contribution in [1.29, 1.82) is 0 Å². The third-order valence-corrected chi connectivity index (χ3v) is 10.0. The molecule has 2 amide bonds. The summed E-state index contributed by atoms with van der Waals surface area (Å²) in [5.74, 6) is -0.232. The molecule has 2 fully saturated rings. The largest absolute Gasteiger partial charge is 0.497 e. The number of likely N-dealkylation sites (tertiary alicyclic amines) is 1. The molecule has 0 saturated carbocycles. The number of amides is 2. The maximum Gasteiger partial charge on any atom is 0.264 e. The lowest BCUT2D eigenvalue weighted by molar-refractivity contribution is -0.149. The Bertz CT molecular complexity index is 922. The number of halogens is 1. The fourth-order valence-electron chi connectivity index (χ4n) is 6.10. The molecule has 9 heteroatoms. The number of anilines is 1. The van der Waals surface area contributed by atoms with E-state index in [2.05, 4.69) is 0 Å². The number of benzene rings is 1. The molecule has 0 unspecified atom stereocenters. The molecule has 1 N–H and O–H groups in total. The Hall–Kier alpha value is -1.97. The summed E-state index contributed by atoms with van der Waals surface area (Å²) < 4.78 is 27.6. The molecule has 3 aliphatic rings. The van der Waals surface area contributed by atoms with Gasteiger partial charge in [0.2, 0.25) is 14.3 Å². The molecule has 1 aromatic carbocycles. The lowest BCUT2D eigenvalue weighted by atomic mass is 9.82. The number of aliphatic hydroxyl groups excluding tert-OH is 1. The Morgan fingerprint density at radius 2 is 2.12 bits per heavy atom. The molecule has 1 aromatic rings. The van der Waals surface area contributed by atoms with Crippen LogP contribution in [-0.2, 0) is 19.9 Å². The summed E-state index contributed by atoms with van der Waals surface area (Å²) in [5.41, 5.74) is -0.487. The van der Waals surface area contributed by atoms with Gasteiger partial charge in [-0.2, -0.15) is 0 Å². The van der Waals surface area contributed by atoms with Gasteiger partial charge in [0.25, 0.3) is 5.91 Å². The molecule has 4 rings (SSSR count). The number of rotatable bonds is 5. The zero-order chi connectivity index (χ0) is 23.4. The number of hydrogen-bond acceptors (Lipinski definition) is 5. The van der Waals surface area contributed by atoms with E-state index in [9.17, 15) is 14.7 Å². The van der Waals surface area contributed by atoms with Gasteiger partial charge < -0.3 is 28.5 Å². The van der Waals surface area contributed by atoms with Crippen LogP contribution in [0.1, 0.15) is 31.7 Å². The Labute approximate surface area is 189 Å². The van der Waals surface area contributed by atoms with Gasteiger partial charge in [-0.3, -0.25) is 9.59 Å². The highest BCUT2D eigenvalue weighted by Crippen LogP contribution is 2.60. The first-order valence-electron chi connectivity index (χ1n) is 11.3. The minimum atomic E-state index is -3.32. The SMILES string of the molecule is COc1ccc2c(c1)[C@@]1(O[C@H](CC(=O)N3CCC[C@H]3CO)[C@@H]([Si](C)(C)F)[C@@H]1C)C(=O)N2C. The summed E-state index contributed by atoms with van der Waals surface area (Å²) in [4.78, 5) is 30.0. The minimum Gasteiger partial charge on any atom is -0.497 e. The number of hydrogen-bond donors (Lipinski definition) is 1. The summed E-state index contributed by atoms with van der Waals surface area (Å²) in [6, 6.07) is 5.20. The quantitative estimate of drug-likeness (QED) is 0.536. The fourth-order valence-corrected chi connectivity index (χ4v) is 8.60. The fraction of sp³-hybridized carbons (Fsp3) is 0.652.